The van der Waals surface area contributed by atoms with E-state index in [-0.39, 0.29) is 0 Å². The predicted molar refractivity (Wildman–Crippen MR) is 99.5 cm³/mol. The van der Waals surface area contributed by atoms with Gasteiger partial charge in [0.25, 0.3) is 0 Å². The van der Waals surface area contributed by atoms with Crippen molar-refractivity contribution >= 4 is 5.52 Å². The van der Waals surface area contributed by atoms with Crippen molar-refractivity contribution in [1.29, 1.82) is 0 Å². The molecule has 0 fully saturated rings. The zero-order valence-corrected chi connectivity index (χ0v) is 14.6. The summed E-state index contributed by atoms with van der Waals surface area (Å²) in [6.45, 7) is 4.83. The number of ether oxygens (including phenoxy) is 1. The number of aromatic nitrogens is 2. The van der Waals surface area contributed by atoms with Gasteiger partial charge in [-0.15, -0.1) is 0 Å². The summed E-state index contributed by atoms with van der Waals surface area (Å²) in [5.41, 5.74) is 5.14. The molecule has 0 N–H and O–H groups in total. The van der Waals surface area contributed by atoms with Crippen LogP contribution in [0, 0.1) is 0 Å². The first kappa shape index (κ1) is 16.3. The second-order valence-electron chi connectivity index (χ2n) is 6.76. The molecule has 0 saturated heterocycles. The molecule has 4 rings (SSSR count). The van der Waals surface area contributed by atoms with E-state index in [1.165, 1.54) is 30.5 Å². The normalized spacial score (nSPS) is 14.7. The first-order valence-electron chi connectivity index (χ1n) is 9.19. The Morgan fingerprint density at radius 3 is 2.80 bits per heavy atom. The van der Waals surface area contributed by atoms with Crippen LogP contribution in [0.4, 0.5) is 0 Å². The molecule has 0 saturated carbocycles. The Morgan fingerprint density at radius 1 is 1.00 bits per heavy atom. The zero-order valence-electron chi connectivity index (χ0n) is 14.6. The molecule has 3 aromatic rings. The third-order valence-electron chi connectivity index (χ3n) is 4.89. The van der Waals surface area contributed by atoms with Crippen molar-refractivity contribution in [2.45, 2.75) is 32.4 Å². The fourth-order valence-corrected chi connectivity index (χ4v) is 3.52. The second kappa shape index (κ2) is 7.81. The van der Waals surface area contributed by atoms with Gasteiger partial charge in [0.2, 0.25) is 0 Å². The quantitative estimate of drug-likeness (QED) is 0.617. The number of rotatable bonds is 7. The monoisotopic (exact) mass is 335 g/mol. The lowest BCUT2D eigenvalue weighted by Gasteiger charge is -2.28. The molecule has 0 unspecified atom stereocenters. The van der Waals surface area contributed by atoms with Crippen LogP contribution in [0.3, 0.4) is 0 Å². The number of benzene rings is 1. The Labute approximate surface area is 149 Å². The SMILES string of the molecule is c1ccc2c(c1)CCN(CCCCOCc1cc3ccccn3n1)C2. The van der Waals surface area contributed by atoms with E-state index in [9.17, 15) is 0 Å². The summed E-state index contributed by atoms with van der Waals surface area (Å²) in [6, 6.07) is 17.0. The lowest BCUT2D eigenvalue weighted by Crippen LogP contribution is -2.31. The van der Waals surface area contributed by atoms with Crippen molar-refractivity contribution in [2.24, 2.45) is 0 Å². The number of fused-ring (bicyclic) bond motifs is 2. The van der Waals surface area contributed by atoms with Gasteiger partial charge in [0.15, 0.2) is 0 Å². The van der Waals surface area contributed by atoms with Gasteiger partial charge in [-0.05, 0) is 55.1 Å². The second-order valence-corrected chi connectivity index (χ2v) is 6.76. The van der Waals surface area contributed by atoms with Gasteiger partial charge in [0.05, 0.1) is 17.8 Å². The molecule has 2 aromatic heterocycles. The molecule has 130 valence electrons. The van der Waals surface area contributed by atoms with Gasteiger partial charge in [0.1, 0.15) is 0 Å². The molecular weight excluding hydrogens is 310 g/mol. The Morgan fingerprint density at radius 2 is 1.88 bits per heavy atom. The molecule has 0 bridgehead atoms. The predicted octanol–water partition coefficient (Wildman–Crippen LogP) is 3.69. The van der Waals surface area contributed by atoms with E-state index in [2.05, 4.69) is 46.4 Å². The third kappa shape index (κ3) is 4.09. The molecule has 0 aliphatic carbocycles. The summed E-state index contributed by atoms with van der Waals surface area (Å²) >= 11 is 0. The lowest BCUT2D eigenvalue weighted by atomic mass is 10.00. The van der Waals surface area contributed by atoms with Crippen LogP contribution in [-0.2, 0) is 24.3 Å². The smallest absolute Gasteiger partial charge is 0.0906 e. The number of hydrogen-bond acceptors (Lipinski definition) is 3. The van der Waals surface area contributed by atoms with Crippen LogP contribution in [0.1, 0.15) is 29.7 Å². The highest BCUT2D eigenvalue weighted by Crippen LogP contribution is 2.18. The fraction of sp³-hybridized carbons (Fsp3) is 0.381. The van der Waals surface area contributed by atoms with E-state index in [4.69, 9.17) is 4.74 Å². The maximum Gasteiger partial charge on any atom is 0.0906 e. The van der Waals surface area contributed by atoms with Crippen LogP contribution >= 0.6 is 0 Å². The molecule has 0 atom stereocenters. The van der Waals surface area contributed by atoms with Crippen LogP contribution in [0.2, 0.25) is 0 Å². The largest absolute Gasteiger partial charge is 0.375 e. The molecule has 4 nitrogen and oxygen atoms in total. The molecule has 1 aliphatic rings. The van der Waals surface area contributed by atoms with E-state index < -0.39 is 0 Å². The van der Waals surface area contributed by atoms with Gasteiger partial charge in [0, 0.05) is 25.9 Å². The fourth-order valence-electron chi connectivity index (χ4n) is 3.52. The van der Waals surface area contributed by atoms with E-state index in [1.807, 2.05) is 22.8 Å². The number of pyridine rings is 1. The van der Waals surface area contributed by atoms with Crippen LogP contribution in [0.15, 0.2) is 54.7 Å². The van der Waals surface area contributed by atoms with E-state index in [0.717, 1.165) is 37.3 Å². The van der Waals surface area contributed by atoms with E-state index >= 15 is 0 Å². The minimum Gasteiger partial charge on any atom is -0.375 e. The van der Waals surface area contributed by atoms with E-state index in [0.29, 0.717) is 6.61 Å². The van der Waals surface area contributed by atoms with Gasteiger partial charge in [-0.1, -0.05) is 30.3 Å². The Balaban J connectivity index is 1.15. The van der Waals surface area contributed by atoms with Crippen LogP contribution in [0.25, 0.3) is 5.52 Å². The molecule has 1 aromatic carbocycles. The summed E-state index contributed by atoms with van der Waals surface area (Å²) in [6.07, 6.45) is 5.44. The standard InChI is InChI=1S/C21H25N3O/c1-2-8-19-16-23(13-10-18(19)7-1)11-5-6-14-25-17-20-15-21-9-3-4-12-24(21)22-20/h1-4,7-9,12,15H,5-6,10-11,13-14,16-17H2. The van der Waals surface area contributed by atoms with Gasteiger partial charge >= 0.3 is 0 Å². The maximum atomic E-state index is 5.80. The average molecular weight is 335 g/mol. The molecule has 4 heteroatoms. The molecule has 0 radical (unpaired) electrons. The van der Waals surface area contributed by atoms with Crippen molar-refractivity contribution in [3.63, 3.8) is 0 Å². The topological polar surface area (TPSA) is 29.8 Å². The number of unbranched alkanes of at least 4 members (excludes halogenated alkanes) is 1. The maximum absolute atomic E-state index is 5.80. The summed E-state index contributed by atoms with van der Waals surface area (Å²) in [5, 5.41) is 4.51. The third-order valence-corrected chi connectivity index (χ3v) is 4.89. The Hall–Kier alpha value is -2.17. The summed E-state index contributed by atoms with van der Waals surface area (Å²) in [5.74, 6) is 0. The highest BCUT2D eigenvalue weighted by atomic mass is 16.5. The Bertz CT molecular complexity index is 794. The highest BCUT2D eigenvalue weighted by molar-refractivity contribution is 5.46. The first-order valence-corrected chi connectivity index (χ1v) is 9.19. The molecule has 3 heterocycles. The summed E-state index contributed by atoms with van der Waals surface area (Å²) < 4.78 is 7.70. The van der Waals surface area contributed by atoms with Crippen LogP contribution in [0.5, 0.6) is 0 Å². The van der Waals surface area contributed by atoms with Gasteiger partial charge in [-0.25, -0.2) is 4.52 Å². The highest BCUT2D eigenvalue weighted by Gasteiger charge is 2.14. The van der Waals surface area contributed by atoms with E-state index in [1.54, 1.807) is 0 Å². The van der Waals surface area contributed by atoms with Gasteiger partial charge < -0.3 is 4.74 Å². The average Bonchev–Trinajstić information content (AvgIpc) is 3.07. The Kier molecular flexibility index (Phi) is 5.09. The summed E-state index contributed by atoms with van der Waals surface area (Å²) in [4.78, 5) is 2.56. The molecule has 0 spiro atoms. The number of nitrogens with zero attached hydrogens (tertiary/aromatic N) is 3. The van der Waals surface area contributed by atoms with Crippen LogP contribution in [-0.4, -0.2) is 34.2 Å². The van der Waals surface area contributed by atoms with Gasteiger partial charge in [-0.2, -0.15) is 5.10 Å². The zero-order chi connectivity index (χ0) is 16.9. The molecule has 1 aliphatic heterocycles. The molecule has 25 heavy (non-hydrogen) atoms. The van der Waals surface area contributed by atoms with Crippen molar-refractivity contribution in [2.75, 3.05) is 19.7 Å². The summed E-state index contributed by atoms with van der Waals surface area (Å²) in [7, 11) is 0. The van der Waals surface area contributed by atoms with Crippen molar-refractivity contribution in [1.82, 2.24) is 14.5 Å². The molecule has 0 amide bonds. The molecular formula is C21H25N3O. The first-order chi connectivity index (χ1) is 12.4. The lowest BCUT2D eigenvalue weighted by molar-refractivity contribution is 0.111. The van der Waals surface area contributed by atoms with Crippen molar-refractivity contribution in [3.8, 4) is 0 Å². The minimum absolute atomic E-state index is 0.596. The number of hydrogen-bond donors (Lipinski definition) is 0. The minimum atomic E-state index is 0.596. The van der Waals surface area contributed by atoms with Crippen molar-refractivity contribution in [3.05, 3.63) is 71.5 Å². The van der Waals surface area contributed by atoms with Crippen molar-refractivity contribution < 1.29 is 4.74 Å². The van der Waals surface area contributed by atoms with Crippen LogP contribution < -0.4 is 0 Å². The van der Waals surface area contributed by atoms with Gasteiger partial charge in [-0.3, -0.25) is 4.90 Å².